The van der Waals surface area contributed by atoms with Crippen LogP contribution in [0, 0.1) is 0 Å². The van der Waals surface area contributed by atoms with Crippen molar-refractivity contribution in [1.29, 1.82) is 0 Å². The Bertz CT molecular complexity index is 1340. The molecular weight excluding hydrogens is 396 g/mol. The molecule has 0 saturated heterocycles. The topological polar surface area (TPSA) is 61.4 Å². The lowest BCUT2D eigenvalue weighted by atomic mass is 10.0. The van der Waals surface area contributed by atoms with Crippen LogP contribution >= 0.6 is 0 Å². The predicted molar refractivity (Wildman–Crippen MR) is 132 cm³/mol. The number of fused-ring (bicyclic) bond motifs is 2. The van der Waals surface area contributed by atoms with Crippen molar-refractivity contribution in [3.05, 3.63) is 110 Å². The Morgan fingerprint density at radius 1 is 0.750 bits per heavy atom. The summed E-state index contributed by atoms with van der Waals surface area (Å²) >= 11 is 0. The van der Waals surface area contributed by atoms with Gasteiger partial charge in [0.1, 0.15) is 22.1 Å². The first kappa shape index (κ1) is 20.9. The maximum absolute atomic E-state index is 4.55. The summed E-state index contributed by atoms with van der Waals surface area (Å²) in [5, 5.41) is 18.1. The van der Waals surface area contributed by atoms with Gasteiger partial charge in [-0.3, -0.25) is 0 Å². The molecule has 0 spiro atoms. The summed E-state index contributed by atoms with van der Waals surface area (Å²) in [4.78, 5) is 3.16. The molecular formula is C26H24N6. The van der Waals surface area contributed by atoms with Crippen LogP contribution in [0.5, 0.6) is 0 Å². The Hall–Kier alpha value is -4.32. The van der Waals surface area contributed by atoms with Gasteiger partial charge in [0.2, 0.25) is 0 Å². The van der Waals surface area contributed by atoms with E-state index in [1.165, 1.54) is 0 Å². The van der Waals surface area contributed by atoms with Crippen molar-refractivity contribution in [2.45, 2.75) is 13.3 Å². The smallest absolute Gasteiger partial charge is 0.113 e. The molecule has 4 aromatic rings. The first-order chi connectivity index (χ1) is 15.6. The van der Waals surface area contributed by atoms with Crippen molar-refractivity contribution in [2.75, 3.05) is 0 Å². The maximum Gasteiger partial charge on any atom is 0.113 e. The van der Waals surface area contributed by atoms with E-state index in [-0.39, 0.29) is 0 Å². The number of nitrogens with zero attached hydrogens (tertiary/aromatic N) is 6. The quantitative estimate of drug-likeness (QED) is 0.337. The minimum Gasteiger partial charge on any atom is -0.151 e. The number of allylic oxidation sites excluding steroid dienone is 9. The summed E-state index contributed by atoms with van der Waals surface area (Å²) in [6.07, 6.45) is 10.2. The molecule has 0 aliphatic heterocycles. The lowest BCUT2D eigenvalue weighted by Gasteiger charge is -2.07. The summed E-state index contributed by atoms with van der Waals surface area (Å²) < 4.78 is 0. The zero-order chi connectivity index (χ0) is 22.5. The van der Waals surface area contributed by atoms with E-state index in [0.29, 0.717) is 12.1 Å². The van der Waals surface area contributed by atoms with Crippen LogP contribution in [0.2, 0.25) is 0 Å². The second kappa shape index (κ2) is 9.22. The molecule has 0 radical (unpaired) electrons. The monoisotopic (exact) mass is 420 g/mol. The molecule has 0 N–H and O–H groups in total. The second-order valence-electron chi connectivity index (χ2n) is 7.18. The first-order valence-electron chi connectivity index (χ1n) is 10.3. The molecule has 0 bridgehead atoms. The van der Waals surface area contributed by atoms with Crippen molar-refractivity contribution in [2.24, 2.45) is 0 Å². The van der Waals surface area contributed by atoms with E-state index in [2.05, 4.69) is 40.1 Å². The molecule has 0 saturated carbocycles. The van der Waals surface area contributed by atoms with Crippen molar-refractivity contribution in [3.8, 4) is 0 Å². The van der Waals surface area contributed by atoms with Crippen LogP contribution in [0.3, 0.4) is 0 Å². The lowest BCUT2D eigenvalue weighted by molar-refractivity contribution is 0.789. The van der Waals surface area contributed by atoms with Gasteiger partial charge in [0.15, 0.2) is 0 Å². The fourth-order valence-corrected chi connectivity index (χ4v) is 3.28. The van der Waals surface area contributed by atoms with E-state index in [0.717, 1.165) is 38.9 Å². The van der Waals surface area contributed by atoms with Crippen LogP contribution in [0.25, 0.3) is 33.5 Å². The summed E-state index contributed by atoms with van der Waals surface area (Å²) in [6, 6.07) is 15.5. The molecule has 0 aliphatic rings. The first-order valence-corrected chi connectivity index (χ1v) is 10.3. The van der Waals surface area contributed by atoms with Gasteiger partial charge in [-0.1, -0.05) is 56.2 Å². The highest BCUT2D eigenvalue weighted by Crippen LogP contribution is 2.20. The Morgan fingerprint density at radius 2 is 1.25 bits per heavy atom. The van der Waals surface area contributed by atoms with Gasteiger partial charge < -0.3 is 0 Å². The van der Waals surface area contributed by atoms with Gasteiger partial charge in [-0.25, -0.2) is 0 Å². The molecule has 4 rings (SSSR count). The zero-order valence-corrected chi connectivity index (χ0v) is 18.0. The molecule has 6 heteroatoms. The van der Waals surface area contributed by atoms with Crippen LogP contribution in [-0.2, 0) is 0 Å². The van der Waals surface area contributed by atoms with Crippen molar-refractivity contribution >= 4 is 33.5 Å². The third-order valence-electron chi connectivity index (χ3n) is 5.00. The predicted octanol–water partition coefficient (Wildman–Crippen LogP) is 5.82. The van der Waals surface area contributed by atoms with Gasteiger partial charge in [-0.2, -0.15) is 9.59 Å². The van der Waals surface area contributed by atoms with Crippen molar-refractivity contribution in [1.82, 2.24) is 30.0 Å². The van der Waals surface area contributed by atoms with Gasteiger partial charge in [0, 0.05) is 0 Å². The van der Waals surface area contributed by atoms with E-state index in [1.807, 2.05) is 79.8 Å². The van der Waals surface area contributed by atoms with Gasteiger partial charge in [-0.15, -0.1) is 20.4 Å². The number of hydrogen-bond donors (Lipinski definition) is 0. The zero-order valence-electron chi connectivity index (χ0n) is 18.0. The number of hydrogen-bond acceptors (Lipinski definition) is 4. The van der Waals surface area contributed by atoms with Crippen LogP contribution in [0.1, 0.15) is 13.3 Å². The molecule has 32 heavy (non-hydrogen) atoms. The molecule has 6 nitrogen and oxygen atoms in total. The van der Waals surface area contributed by atoms with Crippen LogP contribution in [-0.4, -0.2) is 30.0 Å². The van der Waals surface area contributed by atoms with E-state index in [9.17, 15) is 0 Å². The fraction of sp³-hybridized carbons (Fsp3) is 0.0769. The van der Waals surface area contributed by atoms with Gasteiger partial charge in [0.05, 0.1) is 11.4 Å². The standard InChI is InChI=1S/C26H24N6/c1-5-20(16-19(4)31-27-23-12-8-9-13-24(23)28-31)17-21(6-2)18-22(7-3)32-29-25-14-10-11-15-26(25)30-32/h5-16,18H,1,3-4,17H2,2H3/b20-16+,21-6-,22-18+. The summed E-state index contributed by atoms with van der Waals surface area (Å²) in [5.41, 5.74) is 6.84. The van der Waals surface area contributed by atoms with Crippen LogP contribution in [0.15, 0.2) is 110 Å². The minimum atomic E-state index is 0.651. The number of benzene rings is 2. The number of rotatable bonds is 8. The summed E-state index contributed by atoms with van der Waals surface area (Å²) in [5.74, 6) is 0. The van der Waals surface area contributed by atoms with Crippen molar-refractivity contribution < 1.29 is 0 Å². The van der Waals surface area contributed by atoms with Crippen LogP contribution < -0.4 is 0 Å². The van der Waals surface area contributed by atoms with Gasteiger partial charge in [-0.05, 0) is 67.0 Å². The van der Waals surface area contributed by atoms with Crippen LogP contribution in [0.4, 0.5) is 0 Å². The molecule has 0 fully saturated rings. The third-order valence-corrected chi connectivity index (χ3v) is 5.00. The summed E-state index contributed by atoms with van der Waals surface area (Å²) in [7, 11) is 0. The fourth-order valence-electron chi connectivity index (χ4n) is 3.28. The third kappa shape index (κ3) is 4.39. The molecule has 2 aromatic carbocycles. The Balaban J connectivity index is 1.58. The normalized spacial score (nSPS) is 13.0. The van der Waals surface area contributed by atoms with E-state index in [1.54, 1.807) is 15.7 Å². The Kier molecular flexibility index (Phi) is 6.03. The van der Waals surface area contributed by atoms with Crippen molar-refractivity contribution in [3.63, 3.8) is 0 Å². The van der Waals surface area contributed by atoms with Gasteiger partial charge in [0.25, 0.3) is 0 Å². The SMILES string of the molecule is C=C/C(=C\C(=C)n1nc2ccccc2n1)CC(=C/C)/C=C(\C=C)n1nc2ccccc2n1. The maximum atomic E-state index is 4.55. The average Bonchev–Trinajstić information content (AvgIpc) is 3.45. The highest BCUT2D eigenvalue weighted by atomic mass is 15.5. The minimum absolute atomic E-state index is 0.651. The number of aromatic nitrogens is 6. The Labute approximate surface area is 186 Å². The highest BCUT2D eigenvalue weighted by Gasteiger charge is 2.07. The molecule has 0 atom stereocenters. The molecule has 2 heterocycles. The lowest BCUT2D eigenvalue weighted by Crippen LogP contribution is -2.01. The molecule has 0 amide bonds. The van der Waals surface area contributed by atoms with E-state index >= 15 is 0 Å². The van der Waals surface area contributed by atoms with E-state index < -0.39 is 0 Å². The molecule has 158 valence electrons. The average molecular weight is 421 g/mol. The van der Waals surface area contributed by atoms with Gasteiger partial charge >= 0.3 is 0 Å². The highest BCUT2D eigenvalue weighted by molar-refractivity contribution is 5.75. The molecule has 0 aliphatic carbocycles. The second-order valence-corrected chi connectivity index (χ2v) is 7.18. The summed E-state index contributed by atoms with van der Waals surface area (Å²) in [6.45, 7) is 14.0. The van der Waals surface area contributed by atoms with E-state index in [4.69, 9.17) is 0 Å². The molecule has 0 unspecified atom stereocenters. The molecule has 2 aromatic heterocycles. The Morgan fingerprint density at radius 3 is 1.69 bits per heavy atom. The largest absolute Gasteiger partial charge is 0.151 e.